The number of nitrogen functional groups attached to an aromatic ring is 2. The lowest BCUT2D eigenvalue weighted by atomic mass is 9.86. The van der Waals surface area contributed by atoms with Crippen molar-refractivity contribution in [1.29, 1.82) is 0 Å². The largest absolute Gasteiger partial charge is 0.397 e. The summed E-state index contributed by atoms with van der Waals surface area (Å²) in [6, 6.07) is 4.54. The average molecular weight is 219 g/mol. The lowest BCUT2D eigenvalue weighted by Crippen LogP contribution is -2.33. The summed E-state index contributed by atoms with van der Waals surface area (Å²) < 4.78 is 0. The van der Waals surface area contributed by atoms with Gasteiger partial charge in [-0.2, -0.15) is 0 Å². The number of rotatable bonds is 1. The average Bonchev–Trinajstić information content (AvgIpc) is 2.41. The van der Waals surface area contributed by atoms with Crippen LogP contribution in [0.15, 0.2) is 12.1 Å². The Morgan fingerprint density at radius 2 is 1.75 bits per heavy atom. The molecule has 0 saturated heterocycles. The molecule has 3 nitrogen and oxygen atoms in total. The monoisotopic (exact) mass is 219 g/mol. The molecule has 0 unspecified atom stereocenters. The smallest absolute Gasteiger partial charge is 0.0568 e. The molecule has 88 valence electrons. The van der Waals surface area contributed by atoms with Gasteiger partial charge in [-0.1, -0.05) is 13.8 Å². The second-order valence-electron chi connectivity index (χ2n) is 5.60. The highest BCUT2D eigenvalue weighted by Gasteiger charge is 2.36. The molecule has 0 fully saturated rings. The number of fused-ring (bicyclic) bond motifs is 1. The summed E-state index contributed by atoms with van der Waals surface area (Å²) in [6.07, 6.45) is 0. The minimum absolute atomic E-state index is 0.154. The number of hydrogen-bond acceptors (Lipinski definition) is 3. The second kappa shape index (κ2) is 3.30. The first-order valence-corrected chi connectivity index (χ1v) is 5.79. The predicted molar refractivity (Wildman–Crippen MR) is 70.8 cm³/mol. The molecule has 0 aromatic heterocycles. The van der Waals surface area contributed by atoms with Crippen LogP contribution in [0.4, 0.5) is 17.1 Å². The van der Waals surface area contributed by atoms with E-state index in [1.165, 1.54) is 11.3 Å². The maximum atomic E-state index is 5.89. The molecule has 2 rings (SSSR count). The van der Waals surface area contributed by atoms with Gasteiger partial charge in [0.1, 0.15) is 0 Å². The van der Waals surface area contributed by atoms with Crippen LogP contribution in [0.1, 0.15) is 33.3 Å². The van der Waals surface area contributed by atoms with Crippen LogP contribution in [0.2, 0.25) is 0 Å². The second-order valence-corrected chi connectivity index (χ2v) is 5.60. The van der Waals surface area contributed by atoms with Gasteiger partial charge in [-0.25, -0.2) is 0 Å². The van der Waals surface area contributed by atoms with Crippen LogP contribution in [-0.4, -0.2) is 12.6 Å². The van der Waals surface area contributed by atoms with Gasteiger partial charge in [-0.3, -0.25) is 0 Å². The molecule has 0 saturated carbocycles. The van der Waals surface area contributed by atoms with Crippen LogP contribution in [0, 0.1) is 0 Å². The van der Waals surface area contributed by atoms with E-state index in [4.69, 9.17) is 11.5 Å². The van der Waals surface area contributed by atoms with Gasteiger partial charge in [0.05, 0.1) is 11.4 Å². The molecule has 0 amide bonds. The number of hydrogen-bond donors (Lipinski definition) is 2. The van der Waals surface area contributed by atoms with Gasteiger partial charge in [-0.15, -0.1) is 0 Å². The molecule has 4 N–H and O–H groups in total. The zero-order valence-corrected chi connectivity index (χ0v) is 10.5. The molecule has 1 aliphatic heterocycles. The highest BCUT2D eigenvalue weighted by molar-refractivity contribution is 5.76. The van der Waals surface area contributed by atoms with Crippen molar-refractivity contribution in [2.45, 2.75) is 39.2 Å². The predicted octanol–water partition coefficient (Wildman–Crippen LogP) is 2.36. The first kappa shape index (κ1) is 11.1. The van der Waals surface area contributed by atoms with Crippen molar-refractivity contribution >= 4 is 17.1 Å². The maximum absolute atomic E-state index is 5.89. The topological polar surface area (TPSA) is 55.3 Å². The zero-order valence-electron chi connectivity index (χ0n) is 10.5. The Balaban J connectivity index is 2.59. The zero-order chi connectivity index (χ0) is 12.1. The molecule has 1 heterocycles. The van der Waals surface area contributed by atoms with Crippen LogP contribution >= 0.6 is 0 Å². The highest BCUT2D eigenvalue weighted by Crippen LogP contribution is 2.43. The Bertz CT molecular complexity index is 421. The Morgan fingerprint density at radius 1 is 1.19 bits per heavy atom. The molecule has 3 heteroatoms. The van der Waals surface area contributed by atoms with Crippen molar-refractivity contribution in [1.82, 2.24) is 0 Å². The van der Waals surface area contributed by atoms with Gasteiger partial charge in [0.2, 0.25) is 0 Å². The van der Waals surface area contributed by atoms with Crippen LogP contribution < -0.4 is 16.4 Å². The molecule has 0 aliphatic carbocycles. The lowest BCUT2D eigenvalue weighted by molar-refractivity contribution is 0.532. The number of benzene rings is 1. The molecule has 0 spiro atoms. The Labute approximate surface area is 97.4 Å². The summed E-state index contributed by atoms with van der Waals surface area (Å²) in [5.41, 5.74) is 15.9. The van der Waals surface area contributed by atoms with E-state index < -0.39 is 0 Å². The SMILES string of the molecule is CC(C)N1CC(C)(C)c2cc(N)c(N)cc21. The Kier molecular flexibility index (Phi) is 2.30. The van der Waals surface area contributed by atoms with E-state index in [1.54, 1.807) is 0 Å². The summed E-state index contributed by atoms with van der Waals surface area (Å²) in [6.45, 7) is 9.95. The van der Waals surface area contributed by atoms with Gasteiger partial charge in [-0.05, 0) is 31.5 Å². The summed E-state index contributed by atoms with van der Waals surface area (Å²) in [4.78, 5) is 2.39. The van der Waals surface area contributed by atoms with Crippen molar-refractivity contribution in [2.75, 3.05) is 22.9 Å². The lowest BCUT2D eigenvalue weighted by Gasteiger charge is -2.26. The van der Waals surface area contributed by atoms with E-state index in [9.17, 15) is 0 Å². The molecule has 1 aliphatic rings. The number of nitrogens with zero attached hydrogens (tertiary/aromatic N) is 1. The van der Waals surface area contributed by atoms with Crippen molar-refractivity contribution in [2.24, 2.45) is 0 Å². The Hall–Kier alpha value is -1.38. The van der Waals surface area contributed by atoms with Crippen LogP contribution in [0.3, 0.4) is 0 Å². The highest BCUT2D eigenvalue weighted by atomic mass is 15.2. The normalized spacial score (nSPS) is 17.9. The summed E-state index contributed by atoms with van der Waals surface area (Å²) in [7, 11) is 0. The first-order valence-electron chi connectivity index (χ1n) is 5.79. The fourth-order valence-corrected chi connectivity index (χ4v) is 2.46. The minimum Gasteiger partial charge on any atom is -0.397 e. The first-order chi connectivity index (χ1) is 7.33. The van der Waals surface area contributed by atoms with E-state index in [1.807, 2.05) is 12.1 Å². The molecule has 1 aromatic rings. The number of anilines is 3. The minimum atomic E-state index is 0.154. The van der Waals surface area contributed by atoms with E-state index in [-0.39, 0.29) is 5.41 Å². The van der Waals surface area contributed by atoms with E-state index in [0.29, 0.717) is 17.4 Å². The summed E-state index contributed by atoms with van der Waals surface area (Å²) in [5.74, 6) is 0. The van der Waals surface area contributed by atoms with Crippen molar-refractivity contribution in [3.05, 3.63) is 17.7 Å². The van der Waals surface area contributed by atoms with Crippen molar-refractivity contribution in [3.8, 4) is 0 Å². The van der Waals surface area contributed by atoms with Gasteiger partial charge in [0, 0.05) is 23.7 Å². The van der Waals surface area contributed by atoms with Crippen LogP contribution in [-0.2, 0) is 5.41 Å². The summed E-state index contributed by atoms with van der Waals surface area (Å²) in [5, 5.41) is 0. The number of nitrogens with two attached hydrogens (primary N) is 2. The third-order valence-corrected chi connectivity index (χ3v) is 3.43. The Morgan fingerprint density at radius 3 is 2.31 bits per heavy atom. The molecule has 0 atom stereocenters. The van der Waals surface area contributed by atoms with Crippen molar-refractivity contribution in [3.63, 3.8) is 0 Å². The van der Waals surface area contributed by atoms with Crippen LogP contribution in [0.5, 0.6) is 0 Å². The third-order valence-electron chi connectivity index (χ3n) is 3.43. The summed E-state index contributed by atoms with van der Waals surface area (Å²) >= 11 is 0. The quantitative estimate of drug-likeness (QED) is 0.713. The van der Waals surface area contributed by atoms with Crippen LogP contribution in [0.25, 0.3) is 0 Å². The standard InChI is InChI=1S/C13H21N3/c1-8(2)16-7-13(3,4)9-5-10(14)11(15)6-12(9)16/h5-6,8H,7,14-15H2,1-4H3. The van der Waals surface area contributed by atoms with Crippen molar-refractivity contribution < 1.29 is 0 Å². The third kappa shape index (κ3) is 1.51. The van der Waals surface area contributed by atoms with E-state index in [0.717, 1.165) is 6.54 Å². The maximum Gasteiger partial charge on any atom is 0.0568 e. The molecule has 1 aromatic carbocycles. The van der Waals surface area contributed by atoms with E-state index in [2.05, 4.69) is 32.6 Å². The molecular formula is C13H21N3. The van der Waals surface area contributed by atoms with Gasteiger partial charge in [0.15, 0.2) is 0 Å². The molecule has 0 radical (unpaired) electrons. The van der Waals surface area contributed by atoms with E-state index >= 15 is 0 Å². The van der Waals surface area contributed by atoms with Gasteiger partial charge >= 0.3 is 0 Å². The fourth-order valence-electron chi connectivity index (χ4n) is 2.46. The fraction of sp³-hybridized carbons (Fsp3) is 0.538. The molecule has 16 heavy (non-hydrogen) atoms. The van der Waals surface area contributed by atoms with Gasteiger partial charge in [0.25, 0.3) is 0 Å². The molecule has 0 bridgehead atoms. The molecular weight excluding hydrogens is 198 g/mol. The van der Waals surface area contributed by atoms with Gasteiger partial charge < -0.3 is 16.4 Å².